The van der Waals surface area contributed by atoms with Crippen molar-refractivity contribution in [1.82, 2.24) is 0 Å². The topological polar surface area (TPSA) is 23.8 Å². The Labute approximate surface area is 133 Å². The number of hydrogen-bond donors (Lipinski definition) is 0. The van der Waals surface area contributed by atoms with Gasteiger partial charge < -0.3 is 0 Å². The molecule has 0 aliphatic carbocycles. The molecule has 0 aromatic heterocycles. The van der Waals surface area contributed by atoms with Gasteiger partial charge >= 0.3 is 0 Å². The predicted octanol–water partition coefficient (Wildman–Crippen LogP) is 3.97. The summed E-state index contributed by atoms with van der Waals surface area (Å²) < 4.78 is 0. The first-order chi connectivity index (χ1) is 10.9. The lowest BCUT2D eigenvalue weighted by Crippen LogP contribution is -2.20. The molecule has 0 N–H and O–H groups in total. The molecule has 3 aromatic carbocycles. The van der Waals surface area contributed by atoms with Gasteiger partial charge in [-0.3, -0.25) is 0 Å². The highest BCUT2D eigenvalue weighted by atomic mass is 31.1. The molecule has 0 fully saturated rings. The first-order valence-electron chi connectivity index (χ1n) is 7.13. The average molecular weight is 303 g/mol. The van der Waals surface area contributed by atoms with Crippen molar-refractivity contribution in [3.63, 3.8) is 0 Å². The highest BCUT2D eigenvalue weighted by Crippen LogP contribution is 2.32. The molecule has 1 nitrogen and oxygen atoms in total. The zero-order valence-electron chi connectivity index (χ0n) is 12.6. The van der Waals surface area contributed by atoms with E-state index in [4.69, 9.17) is 5.26 Å². The highest BCUT2D eigenvalue weighted by Gasteiger charge is 2.14. The van der Waals surface area contributed by atoms with Crippen molar-refractivity contribution in [2.75, 3.05) is 0 Å². The molecule has 0 aliphatic heterocycles. The van der Waals surface area contributed by atoms with Crippen LogP contribution in [0.4, 0.5) is 0 Å². The largest absolute Gasteiger partial charge is 0.199 e. The second-order valence-electron chi connectivity index (χ2n) is 4.57. The molecule has 22 heavy (non-hydrogen) atoms. The minimum Gasteiger partial charge on any atom is -0.199 e. The Morgan fingerprint density at radius 2 is 0.818 bits per heavy atom. The summed E-state index contributed by atoms with van der Waals surface area (Å²) in [5.41, 5.74) is 0. The van der Waals surface area contributed by atoms with Gasteiger partial charge in [0.1, 0.15) is 0 Å². The standard InChI is InChI=1S/C18H15P.C2H3N/c1-4-10-16(11-5-1)19(17-12-6-2-7-13-17)18-14-8-3-9-15-18;1-2-3/h1-15H;1H3. The lowest BCUT2D eigenvalue weighted by molar-refractivity contribution is 1.49. The summed E-state index contributed by atoms with van der Waals surface area (Å²) in [7, 11) is -0.446. The summed E-state index contributed by atoms with van der Waals surface area (Å²) in [5, 5.41) is 11.5. The number of nitrogens with zero attached hydrogens (tertiary/aromatic N) is 1. The van der Waals surface area contributed by atoms with Crippen LogP contribution < -0.4 is 15.9 Å². The summed E-state index contributed by atoms with van der Waals surface area (Å²) in [4.78, 5) is 0. The van der Waals surface area contributed by atoms with Crippen molar-refractivity contribution < 1.29 is 0 Å². The van der Waals surface area contributed by atoms with Crippen LogP contribution in [0.15, 0.2) is 91.0 Å². The Hall–Kier alpha value is -2.42. The number of hydrogen-bond acceptors (Lipinski definition) is 1. The molecule has 0 aliphatic rings. The van der Waals surface area contributed by atoms with Gasteiger partial charge in [-0.2, -0.15) is 5.26 Å². The quantitative estimate of drug-likeness (QED) is 0.672. The van der Waals surface area contributed by atoms with Crippen molar-refractivity contribution in [2.45, 2.75) is 6.92 Å². The fourth-order valence-electron chi connectivity index (χ4n) is 2.18. The minimum atomic E-state index is -0.446. The Kier molecular flexibility index (Phi) is 6.37. The predicted molar refractivity (Wildman–Crippen MR) is 96.4 cm³/mol. The van der Waals surface area contributed by atoms with Crippen LogP contribution in [-0.4, -0.2) is 0 Å². The van der Waals surface area contributed by atoms with Gasteiger partial charge in [-0.1, -0.05) is 91.0 Å². The van der Waals surface area contributed by atoms with Gasteiger partial charge in [-0.05, 0) is 23.8 Å². The molecule has 0 unspecified atom stereocenters. The van der Waals surface area contributed by atoms with Gasteiger partial charge in [0.15, 0.2) is 0 Å². The molecule has 108 valence electrons. The molecular weight excluding hydrogens is 285 g/mol. The van der Waals surface area contributed by atoms with Crippen molar-refractivity contribution >= 4 is 23.8 Å². The van der Waals surface area contributed by atoms with Crippen LogP contribution >= 0.6 is 7.92 Å². The average Bonchev–Trinajstić information content (AvgIpc) is 2.59. The smallest absolute Gasteiger partial charge is 0.0587 e. The summed E-state index contributed by atoms with van der Waals surface area (Å²) in [6.07, 6.45) is 0. The van der Waals surface area contributed by atoms with E-state index in [9.17, 15) is 0 Å². The summed E-state index contributed by atoms with van der Waals surface area (Å²) in [6.45, 7) is 1.43. The SMILES string of the molecule is CC#N.c1ccc(P(c2ccccc2)c2ccccc2)cc1. The van der Waals surface area contributed by atoms with Crippen LogP contribution in [0.3, 0.4) is 0 Å². The third-order valence-corrected chi connectivity index (χ3v) is 5.49. The molecule has 0 heterocycles. The van der Waals surface area contributed by atoms with Gasteiger partial charge in [-0.25, -0.2) is 0 Å². The van der Waals surface area contributed by atoms with Crippen molar-refractivity contribution in [3.8, 4) is 6.07 Å². The maximum atomic E-state index is 7.32. The Bertz CT molecular complexity index is 609. The van der Waals surface area contributed by atoms with Gasteiger partial charge in [0.2, 0.25) is 0 Å². The fourth-order valence-corrected chi connectivity index (χ4v) is 4.48. The number of rotatable bonds is 3. The van der Waals surface area contributed by atoms with Crippen LogP contribution in [0.2, 0.25) is 0 Å². The van der Waals surface area contributed by atoms with E-state index in [-0.39, 0.29) is 0 Å². The molecule has 3 rings (SSSR count). The molecular formula is C20H18NP. The van der Waals surface area contributed by atoms with E-state index in [1.54, 1.807) is 6.07 Å². The number of benzene rings is 3. The third kappa shape index (κ3) is 4.29. The van der Waals surface area contributed by atoms with E-state index in [1.807, 2.05) is 0 Å². The molecule has 0 atom stereocenters. The lowest BCUT2D eigenvalue weighted by atomic mass is 10.4. The Morgan fingerprint density at radius 3 is 1.05 bits per heavy atom. The Balaban J connectivity index is 0.000000545. The second-order valence-corrected chi connectivity index (χ2v) is 6.79. The van der Waals surface area contributed by atoms with E-state index in [2.05, 4.69) is 91.0 Å². The van der Waals surface area contributed by atoms with Crippen LogP contribution in [0, 0.1) is 11.3 Å². The summed E-state index contributed by atoms with van der Waals surface area (Å²) >= 11 is 0. The maximum absolute atomic E-state index is 7.32. The highest BCUT2D eigenvalue weighted by molar-refractivity contribution is 7.79. The fraction of sp³-hybridized carbons (Fsp3) is 0.0500. The van der Waals surface area contributed by atoms with Crippen molar-refractivity contribution in [1.29, 1.82) is 5.26 Å². The van der Waals surface area contributed by atoms with E-state index in [0.29, 0.717) is 0 Å². The zero-order valence-corrected chi connectivity index (χ0v) is 13.4. The summed E-state index contributed by atoms with van der Waals surface area (Å²) in [6, 6.07) is 34.1. The zero-order chi connectivity index (χ0) is 15.6. The first-order valence-corrected chi connectivity index (χ1v) is 8.47. The van der Waals surface area contributed by atoms with E-state index in [1.165, 1.54) is 22.8 Å². The molecule has 0 bridgehead atoms. The normalized spacial score (nSPS) is 9.50. The van der Waals surface area contributed by atoms with Gasteiger partial charge in [0.25, 0.3) is 0 Å². The van der Waals surface area contributed by atoms with Gasteiger partial charge in [0, 0.05) is 6.92 Å². The minimum absolute atomic E-state index is 0.446. The summed E-state index contributed by atoms with van der Waals surface area (Å²) in [5.74, 6) is 0. The second kappa shape index (κ2) is 8.78. The van der Waals surface area contributed by atoms with E-state index in [0.717, 1.165) is 0 Å². The third-order valence-electron chi connectivity index (χ3n) is 3.04. The van der Waals surface area contributed by atoms with E-state index < -0.39 is 7.92 Å². The Morgan fingerprint density at radius 1 is 0.591 bits per heavy atom. The molecule has 3 aromatic rings. The molecule has 2 heteroatoms. The van der Waals surface area contributed by atoms with Crippen molar-refractivity contribution in [3.05, 3.63) is 91.0 Å². The first kappa shape index (κ1) is 16.0. The van der Waals surface area contributed by atoms with Crippen LogP contribution in [-0.2, 0) is 0 Å². The molecule has 0 spiro atoms. The lowest BCUT2D eigenvalue weighted by Gasteiger charge is -2.18. The van der Waals surface area contributed by atoms with Crippen LogP contribution in [0.1, 0.15) is 6.92 Å². The molecule has 0 amide bonds. The van der Waals surface area contributed by atoms with Gasteiger partial charge in [0.05, 0.1) is 6.07 Å². The molecule has 0 saturated carbocycles. The van der Waals surface area contributed by atoms with Crippen molar-refractivity contribution in [2.24, 2.45) is 0 Å². The maximum Gasteiger partial charge on any atom is 0.0587 e. The van der Waals surface area contributed by atoms with Crippen LogP contribution in [0.5, 0.6) is 0 Å². The molecule has 0 radical (unpaired) electrons. The van der Waals surface area contributed by atoms with Crippen LogP contribution in [0.25, 0.3) is 0 Å². The van der Waals surface area contributed by atoms with E-state index >= 15 is 0 Å². The number of nitriles is 1. The van der Waals surface area contributed by atoms with Gasteiger partial charge in [-0.15, -0.1) is 0 Å². The molecule has 0 saturated heterocycles. The monoisotopic (exact) mass is 303 g/mol.